The van der Waals surface area contributed by atoms with Crippen molar-refractivity contribution in [1.82, 2.24) is 15.2 Å². The highest BCUT2D eigenvalue weighted by molar-refractivity contribution is 5.94. The highest BCUT2D eigenvalue weighted by Gasteiger charge is 2.37. The summed E-state index contributed by atoms with van der Waals surface area (Å²) in [5.41, 5.74) is 0.668. The fraction of sp³-hybridized carbons (Fsp3) is 0.611. The summed E-state index contributed by atoms with van der Waals surface area (Å²) in [6, 6.07) is 3.56. The second-order valence-corrected chi connectivity index (χ2v) is 6.54. The van der Waals surface area contributed by atoms with E-state index in [9.17, 15) is 9.59 Å². The van der Waals surface area contributed by atoms with Gasteiger partial charge in [0.2, 0.25) is 5.91 Å². The summed E-state index contributed by atoms with van der Waals surface area (Å²) in [5, 5.41) is 3.06. The minimum Gasteiger partial charge on any atom is -0.356 e. The maximum atomic E-state index is 13.0. The molecular formula is C18H25N3O2. The van der Waals surface area contributed by atoms with Crippen molar-refractivity contribution in [1.29, 1.82) is 0 Å². The summed E-state index contributed by atoms with van der Waals surface area (Å²) < 4.78 is 0. The van der Waals surface area contributed by atoms with Gasteiger partial charge >= 0.3 is 0 Å². The van der Waals surface area contributed by atoms with Crippen molar-refractivity contribution < 1.29 is 9.59 Å². The lowest BCUT2D eigenvalue weighted by Gasteiger charge is -2.40. The van der Waals surface area contributed by atoms with E-state index in [1.807, 2.05) is 4.90 Å². The third-order valence-corrected chi connectivity index (χ3v) is 5.03. The summed E-state index contributed by atoms with van der Waals surface area (Å²) in [5.74, 6) is 0.106. The Balaban J connectivity index is 1.86. The highest BCUT2D eigenvalue weighted by Crippen LogP contribution is 2.30. The number of carbonyl (C=O) groups is 2. The normalized spacial score (nSPS) is 26.1. The quantitative estimate of drug-likeness (QED) is 0.865. The number of hydrogen-bond acceptors (Lipinski definition) is 3. The van der Waals surface area contributed by atoms with Crippen LogP contribution in [0, 0.1) is 5.92 Å². The maximum absolute atomic E-state index is 13.0. The van der Waals surface area contributed by atoms with Crippen LogP contribution in [0.5, 0.6) is 0 Å². The largest absolute Gasteiger partial charge is 0.356 e. The molecule has 23 heavy (non-hydrogen) atoms. The third kappa shape index (κ3) is 3.71. The van der Waals surface area contributed by atoms with Gasteiger partial charge in [0.1, 0.15) is 0 Å². The molecule has 2 amide bonds. The fourth-order valence-corrected chi connectivity index (χ4v) is 3.80. The number of fused-ring (bicyclic) bond motifs is 1. The topological polar surface area (TPSA) is 62.3 Å². The molecule has 1 saturated heterocycles. The summed E-state index contributed by atoms with van der Waals surface area (Å²) >= 11 is 0. The molecule has 124 valence electrons. The first-order valence-electron chi connectivity index (χ1n) is 8.76. The van der Waals surface area contributed by atoms with E-state index in [1.165, 1.54) is 0 Å². The lowest BCUT2D eigenvalue weighted by molar-refractivity contribution is -0.128. The molecule has 2 aliphatic rings. The second kappa shape index (κ2) is 7.57. The molecule has 1 aliphatic heterocycles. The molecule has 2 fully saturated rings. The molecule has 0 radical (unpaired) electrons. The van der Waals surface area contributed by atoms with Crippen molar-refractivity contribution >= 4 is 11.8 Å². The fourth-order valence-electron chi connectivity index (χ4n) is 3.80. The zero-order valence-electron chi connectivity index (χ0n) is 13.5. The maximum Gasteiger partial charge on any atom is 0.254 e. The van der Waals surface area contributed by atoms with Gasteiger partial charge in [0.05, 0.1) is 5.92 Å². The Morgan fingerprint density at radius 1 is 1.09 bits per heavy atom. The van der Waals surface area contributed by atoms with Crippen molar-refractivity contribution in [2.75, 3.05) is 13.1 Å². The summed E-state index contributed by atoms with van der Waals surface area (Å²) in [6.07, 6.45) is 10.3. The van der Waals surface area contributed by atoms with Gasteiger partial charge in [0, 0.05) is 37.1 Å². The zero-order valence-corrected chi connectivity index (χ0v) is 13.5. The van der Waals surface area contributed by atoms with Gasteiger partial charge in [-0.15, -0.1) is 0 Å². The van der Waals surface area contributed by atoms with Crippen molar-refractivity contribution in [3.63, 3.8) is 0 Å². The van der Waals surface area contributed by atoms with Crippen LogP contribution in [0.2, 0.25) is 0 Å². The Morgan fingerprint density at radius 3 is 2.70 bits per heavy atom. The van der Waals surface area contributed by atoms with Crippen LogP contribution in [0.4, 0.5) is 0 Å². The Kier molecular flexibility index (Phi) is 5.26. The number of nitrogens with one attached hydrogen (secondary N) is 1. The Hall–Kier alpha value is -1.91. The molecule has 1 aliphatic carbocycles. The van der Waals surface area contributed by atoms with Crippen molar-refractivity contribution in [2.45, 2.75) is 51.0 Å². The highest BCUT2D eigenvalue weighted by atomic mass is 16.2. The van der Waals surface area contributed by atoms with Crippen LogP contribution in [-0.4, -0.2) is 40.8 Å². The lowest BCUT2D eigenvalue weighted by Crippen LogP contribution is -2.51. The third-order valence-electron chi connectivity index (χ3n) is 5.03. The standard InChI is InChI=1S/C18H25N3O2/c22-17-15-6-2-3-7-16(15)21(13-5-1-4-10-20-17)18(23)14-8-11-19-12-9-14/h8-9,11-12,15-16H,1-7,10,13H2,(H,20,22)/t15-,16+/m1/s1. The lowest BCUT2D eigenvalue weighted by atomic mass is 9.82. The van der Waals surface area contributed by atoms with E-state index in [2.05, 4.69) is 10.3 Å². The number of pyridine rings is 1. The van der Waals surface area contributed by atoms with Gasteiger partial charge in [-0.1, -0.05) is 12.8 Å². The molecule has 1 aromatic rings. The molecule has 1 N–H and O–H groups in total. The molecule has 0 spiro atoms. The van der Waals surface area contributed by atoms with Crippen molar-refractivity contribution in [3.8, 4) is 0 Å². The summed E-state index contributed by atoms with van der Waals surface area (Å²) in [4.78, 5) is 31.5. The van der Waals surface area contributed by atoms with Crippen LogP contribution in [0.3, 0.4) is 0 Å². The van der Waals surface area contributed by atoms with E-state index < -0.39 is 0 Å². The monoisotopic (exact) mass is 315 g/mol. The minimum absolute atomic E-state index is 0.0301. The molecule has 2 heterocycles. The van der Waals surface area contributed by atoms with E-state index in [0.717, 1.165) is 58.0 Å². The Bertz CT molecular complexity index is 546. The number of carbonyl (C=O) groups excluding carboxylic acids is 2. The second-order valence-electron chi connectivity index (χ2n) is 6.54. The van der Waals surface area contributed by atoms with Crippen LogP contribution < -0.4 is 5.32 Å². The number of aromatic nitrogens is 1. The van der Waals surface area contributed by atoms with Gasteiger partial charge in [-0.2, -0.15) is 0 Å². The number of rotatable bonds is 1. The molecule has 3 rings (SSSR count). The first-order chi connectivity index (χ1) is 11.3. The van der Waals surface area contributed by atoms with Crippen LogP contribution >= 0.6 is 0 Å². The molecule has 2 atom stereocenters. The average Bonchev–Trinajstić information content (AvgIpc) is 2.61. The van der Waals surface area contributed by atoms with Crippen molar-refractivity contribution in [2.24, 2.45) is 5.92 Å². The van der Waals surface area contributed by atoms with E-state index in [-0.39, 0.29) is 23.8 Å². The van der Waals surface area contributed by atoms with Crippen LogP contribution in [-0.2, 0) is 4.79 Å². The van der Waals surface area contributed by atoms with Crippen LogP contribution in [0.15, 0.2) is 24.5 Å². The minimum atomic E-state index is -0.0624. The molecule has 0 aromatic carbocycles. The number of hydrogen-bond donors (Lipinski definition) is 1. The predicted octanol–water partition coefficient (Wildman–Crippen LogP) is 2.38. The van der Waals surface area contributed by atoms with Gasteiger partial charge in [-0.25, -0.2) is 0 Å². The summed E-state index contributed by atoms with van der Waals surface area (Å²) in [6.45, 7) is 1.51. The van der Waals surface area contributed by atoms with E-state index in [4.69, 9.17) is 0 Å². The molecule has 0 bridgehead atoms. The van der Waals surface area contributed by atoms with Crippen LogP contribution in [0.1, 0.15) is 55.3 Å². The molecule has 0 unspecified atom stereocenters. The smallest absolute Gasteiger partial charge is 0.254 e. The molecular weight excluding hydrogens is 290 g/mol. The zero-order chi connectivity index (χ0) is 16.1. The Labute approximate surface area is 137 Å². The van der Waals surface area contributed by atoms with Crippen LogP contribution in [0.25, 0.3) is 0 Å². The van der Waals surface area contributed by atoms with Gasteiger partial charge < -0.3 is 10.2 Å². The van der Waals surface area contributed by atoms with Crippen molar-refractivity contribution in [3.05, 3.63) is 30.1 Å². The molecule has 5 nitrogen and oxygen atoms in total. The van der Waals surface area contributed by atoms with Gasteiger partial charge in [-0.3, -0.25) is 14.6 Å². The van der Waals surface area contributed by atoms with E-state index in [1.54, 1.807) is 24.5 Å². The molecule has 5 heteroatoms. The molecule has 1 aromatic heterocycles. The first-order valence-corrected chi connectivity index (χ1v) is 8.76. The predicted molar refractivity (Wildman–Crippen MR) is 87.9 cm³/mol. The van der Waals surface area contributed by atoms with E-state index >= 15 is 0 Å². The first kappa shape index (κ1) is 16.0. The summed E-state index contributed by atoms with van der Waals surface area (Å²) in [7, 11) is 0. The average molecular weight is 315 g/mol. The number of nitrogens with zero attached hydrogens (tertiary/aromatic N) is 2. The molecule has 1 saturated carbocycles. The van der Waals surface area contributed by atoms with E-state index in [0.29, 0.717) is 5.56 Å². The SMILES string of the molecule is O=C1NCCCCCN(C(=O)c2ccncc2)[C@H]2CCCC[C@@H]12. The van der Waals surface area contributed by atoms with Gasteiger partial charge in [0.15, 0.2) is 0 Å². The number of amides is 2. The van der Waals surface area contributed by atoms with Gasteiger partial charge in [0.25, 0.3) is 5.91 Å². The van der Waals surface area contributed by atoms with Gasteiger partial charge in [-0.05, 0) is 44.2 Å². The Morgan fingerprint density at radius 2 is 1.87 bits per heavy atom.